The predicted molar refractivity (Wildman–Crippen MR) is 64.6 cm³/mol. The molecule has 0 atom stereocenters. The molecule has 1 N–H and O–H groups in total. The standard InChI is InChI=1S/C11H10BrN3O/c1-5-14-7-4-13-10(6-2-3-6)9(12)8(7)11(16)15-5/h4,6H,2-3H2,1H3,(H,14,15,16). The molecule has 3 rings (SSSR count). The van der Waals surface area contributed by atoms with Gasteiger partial charge in [-0.05, 0) is 35.7 Å². The quantitative estimate of drug-likeness (QED) is 0.871. The van der Waals surface area contributed by atoms with Gasteiger partial charge in [-0.2, -0.15) is 0 Å². The van der Waals surface area contributed by atoms with E-state index >= 15 is 0 Å². The maximum Gasteiger partial charge on any atom is 0.260 e. The molecule has 4 nitrogen and oxygen atoms in total. The van der Waals surface area contributed by atoms with Gasteiger partial charge in [-0.25, -0.2) is 4.98 Å². The lowest BCUT2D eigenvalue weighted by Gasteiger charge is -2.05. The average Bonchev–Trinajstić information content (AvgIpc) is 3.00. The summed E-state index contributed by atoms with van der Waals surface area (Å²) < 4.78 is 0.807. The van der Waals surface area contributed by atoms with Crippen LogP contribution in [-0.4, -0.2) is 15.0 Å². The van der Waals surface area contributed by atoms with Crippen molar-refractivity contribution < 1.29 is 0 Å². The molecule has 0 aromatic carbocycles. The number of hydrogen-bond acceptors (Lipinski definition) is 3. The molecule has 2 aromatic rings. The van der Waals surface area contributed by atoms with Crippen LogP contribution < -0.4 is 5.56 Å². The molecule has 0 amide bonds. The van der Waals surface area contributed by atoms with E-state index in [0.29, 0.717) is 22.6 Å². The summed E-state index contributed by atoms with van der Waals surface area (Å²) in [6.45, 7) is 1.77. The molecule has 2 aromatic heterocycles. The fourth-order valence-electron chi connectivity index (χ4n) is 1.87. The predicted octanol–water partition coefficient (Wildman–Crippen LogP) is 2.27. The van der Waals surface area contributed by atoms with Crippen molar-refractivity contribution in [3.05, 3.63) is 32.5 Å². The monoisotopic (exact) mass is 279 g/mol. The zero-order valence-electron chi connectivity index (χ0n) is 8.75. The molecule has 1 fully saturated rings. The number of rotatable bonds is 1. The first-order chi connectivity index (χ1) is 7.66. The van der Waals surface area contributed by atoms with Crippen molar-refractivity contribution in [3.8, 4) is 0 Å². The van der Waals surface area contributed by atoms with Crippen LogP contribution in [0.1, 0.15) is 30.3 Å². The van der Waals surface area contributed by atoms with Gasteiger partial charge in [0.1, 0.15) is 5.82 Å². The van der Waals surface area contributed by atoms with Gasteiger partial charge >= 0.3 is 0 Å². The second-order valence-electron chi connectivity index (χ2n) is 4.14. The molecule has 0 aliphatic heterocycles. The van der Waals surface area contributed by atoms with Crippen molar-refractivity contribution in [2.24, 2.45) is 0 Å². The molecule has 2 heterocycles. The molecule has 82 valence electrons. The smallest absolute Gasteiger partial charge is 0.260 e. The molecule has 1 aliphatic carbocycles. The molecular weight excluding hydrogens is 270 g/mol. The van der Waals surface area contributed by atoms with E-state index in [0.717, 1.165) is 23.0 Å². The van der Waals surface area contributed by atoms with Crippen LogP contribution in [0.2, 0.25) is 0 Å². The minimum atomic E-state index is -0.0984. The van der Waals surface area contributed by atoms with Gasteiger partial charge in [0, 0.05) is 5.92 Å². The van der Waals surface area contributed by atoms with Crippen LogP contribution in [0.25, 0.3) is 10.9 Å². The highest BCUT2D eigenvalue weighted by Crippen LogP contribution is 2.43. The summed E-state index contributed by atoms with van der Waals surface area (Å²) >= 11 is 3.48. The number of nitrogens with one attached hydrogen (secondary N) is 1. The number of fused-ring (bicyclic) bond motifs is 1. The van der Waals surface area contributed by atoms with E-state index in [-0.39, 0.29) is 5.56 Å². The highest BCUT2D eigenvalue weighted by Gasteiger charge is 2.28. The number of aromatic amines is 1. The van der Waals surface area contributed by atoms with Gasteiger partial charge in [0.2, 0.25) is 0 Å². The largest absolute Gasteiger partial charge is 0.310 e. The number of nitrogens with zero attached hydrogens (tertiary/aromatic N) is 2. The Morgan fingerprint density at radius 2 is 2.25 bits per heavy atom. The summed E-state index contributed by atoms with van der Waals surface area (Å²) in [6.07, 6.45) is 4.01. The molecular formula is C11H10BrN3O. The van der Waals surface area contributed by atoms with Crippen molar-refractivity contribution in [1.29, 1.82) is 0 Å². The van der Waals surface area contributed by atoms with Gasteiger partial charge in [0.05, 0.1) is 27.3 Å². The first-order valence-corrected chi connectivity index (χ1v) is 6.01. The molecule has 1 saturated carbocycles. The SMILES string of the molecule is Cc1nc2cnc(C3CC3)c(Br)c2c(=O)[nH]1. The van der Waals surface area contributed by atoms with Crippen molar-refractivity contribution in [1.82, 2.24) is 15.0 Å². The molecule has 1 aliphatic rings. The Bertz CT molecular complexity index is 631. The van der Waals surface area contributed by atoms with Gasteiger partial charge in [0.25, 0.3) is 5.56 Å². The lowest BCUT2D eigenvalue weighted by Crippen LogP contribution is -2.11. The zero-order chi connectivity index (χ0) is 11.3. The summed E-state index contributed by atoms with van der Waals surface area (Å²) in [6, 6.07) is 0. The number of H-pyrrole nitrogens is 1. The van der Waals surface area contributed by atoms with Crippen LogP contribution in [-0.2, 0) is 0 Å². The van der Waals surface area contributed by atoms with Crippen molar-refractivity contribution >= 4 is 26.8 Å². The molecule has 16 heavy (non-hydrogen) atoms. The van der Waals surface area contributed by atoms with E-state index in [1.165, 1.54) is 0 Å². The van der Waals surface area contributed by atoms with Gasteiger partial charge in [-0.1, -0.05) is 0 Å². The number of pyridine rings is 1. The number of halogens is 1. The number of hydrogen-bond donors (Lipinski definition) is 1. The Hall–Kier alpha value is -1.23. The summed E-state index contributed by atoms with van der Waals surface area (Å²) in [7, 11) is 0. The summed E-state index contributed by atoms with van der Waals surface area (Å²) in [5, 5.41) is 0.613. The lowest BCUT2D eigenvalue weighted by molar-refractivity contribution is 0.998. The fourth-order valence-corrected chi connectivity index (χ4v) is 2.68. The highest BCUT2D eigenvalue weighted by atomic mass is 79.9. The third-order valence-corrected chi connectivity index (χ3v) is 3.60. The van der Waals surface area contributed by atoms with E-state index in [9.17, 15) is 4.79 Å². The first-order valence-electron chi connectivity index (χ1n) is 5.22. The Kier molecular flexibility index (Phi) is 2.10. The topological polar surface area (TPSA) is 58.6 Å². The highest BCUT2D eigenvalue weighted by molar-refractivity contribution is 9.10. The van der Waals surface area contributed by atoms with Crippen LogP contribution >= 0.6 is 15.9 Å². The fraction of sp³-hybridized carbons (Fsp3) is 0.364. The minimum absolute atomic E-state index is 0.0984. The molecule has 5 heteroatoms. The van der Waals surface area contributed by atoms with Gasteiger partial charge in [0.15, 0.2) is 0 Å². The van der Waals surface area contributed by atoms with E-state index in [2.05, 4.69) is 30.9 Å². The Morgan fingerprint density at radius 1 is 1.50 bits per heavy atom. The maximum atomic E-state index is 11.9. The van der Waals surface area contributed by atoms with Crippen molar-refractivity contribution in [2.45, 2.75) is 25.7 Å². The Morgan fingerprint density at radius 3 is 2.94 bits per heavy atom. The van der Waals surface area contributed by atoms with Gasteiger partial charge < -0.3 is 4.98 Å². The second-order valence-corrected chi connectivity index (χ2v) is 4.94. The van der Waals surface area contributed by atoms with E-state index < -0.39 is 0 Å². The van der Waals surface area contributed by atoms with Gasteiger partial charge in [-0.3, -0.25) is 9.78 Å². The molecule has 0 unspecified atom stereocenters. The van der Waals surface area contributed by atoms with Crippen LogP contribution in [0, 0.1) is 6.92 Å². The third kappa shape index (κ3) is 1.46. The van der Waals surface area contributed by atoms with Crippen LogP contribution in [0.3, 0.4) is 0 Å². The second kappa shape index (κ2) is 3.38. The van der Waals surface area contributed by atoms with E-state index in [1.54, 1.807) is 13.1 Å². The number of aryl methyl sites for hydroxylation is 1. The zero-order valence-corrected chi connectivity index (χ0v) is 10.3. The van der Waals surface area contributed by atoms with Crippen LogP contribution in [0.4, 0.5) is 0 Å². The van der Waals surface area contributed by atoms with Crippen molar-refractivity contribution in [2.75, 3.05) is 0 Å². The average molecular weight is 280 g/mol. The van der Waals surface area contributed by atoms with Crippen molar-refractivity contribution in [3.63, 3.8) is 0 Å². The minimum Gasteiger partial charge on any atom is -0.310 e. The molecule has 0 spiro atoms. The summed E-state index contributed by atoms with van der Waals surface area (Å²) in [5.74, 6) is 1.13. The molecule has 0 radical (unpaired) electrons. The maximum absolute atomic E-state index is 11.9. The number of aromatic nitrogens is 3. The Labute approximate surface area is 100 Å². The summed E-state index contributed by atoms with van der Waals surface area (Å²) in [4.78, 5) is 23.2. The van der Waals surface area contributed by atoms with Crippen LogP contribution in [0.5, 0.6) is 0 Å². The Balaban J connectivity index is 2.39. The lowest BCUT2D eigenvalue weighted by atomic mass is 10.2. The van der Waals surface area contributed by atoms with Crippen LogP contribution in [0.15, 0.2) is 15.5 Å². The van der Waals surface area contributed by atoms with E-state index in [4.69, 9.17) is 0 Å². The molecule has 0 saturated heterocycles. The van der Waals surface area contributed by atoms with E-state index in [1.807, 2.05) is 0 Å². The first kappa shape index (κ1) is 9.96. The normalized spacial score (nSPS) is 15.6. The third-order valence-electron chi connectivity index (χ3n) is 2.80. The van der Waals surface area contributed by atoms with Gasteiger partial charge in [-0.15, -0.1) is 0 Å². The summed E-state index contributed by atoms with van der Waals surface area (Å²) in [5.41, 5.74) is 1.54. The molecule has 0 bridgehead atoms.